The van der Waals surface area contributed by atoms with Gasteiger partial charge in [0.15, 0.2) is 10.7 Å². The van der Waals surface area contributed by atoms with E-state index in [2.05, 4.69) is 16.0 Å². The molecule has 0 aliphatic carbocycles. The molecule has 0 fully saturated rings. The van der Waals surface area contributed by atoms with E-state index in [4.69, 9.17) is 9.47 Å². The van der Waals surface area contributed by atoms with Crippen molar-refractivity contribution in [2.75, 3.05) is 25.1 Å². The topological polar surface area (TPSA) is 71.9 Å². The SMILES string of the molecule is CC(C)OC(C(=O)O)(c1ccc(OCCN(C)c2nc3ccccc3s2)cc1)C(C)C. The second-order valence-electron chi connectivity index (χ2n) is 8.12. The van der Waals surface area contributed by atoms with Crippen molar-refractivity contribution in [3.8, 4) is 5.75 Å². The molecule has 6 nitrogen and oxygen atoms in total. The Morgan fingerprint density at radius 3 is 2.39 bits per heavy atom. The van der Waals surface area contributed by atoms with Crippen LogP contribution in [0.25, 0.3) is 10.2 Å². The van der Waals surface area contributed by atoms with Crippen LogP contribution in [0.15, 0.2) is 48.5 Å². The van der Waals surface area contributed by atoms with E-state index in [0.717, 1.165) is 15.3 Å². The van der Waals surface area contributed by atoms with Gasteiger partial charge in [0.05, 0.1) is 22.9 Å². The van der Waals surface area contributed by atoms with Crippen LogP contribution in [0.5, 0.6) is 5.75 Å². The van der Waals surface area contributed by atoms with Crippen LogP contribution in [0.2, 0.25) is 0 Å². The second kappa shape index (κ2) is 9.66. The number of likely N-dealkylation sites (N-methyl/N-ethyl adjacent to an activating group) is 1. The van der Waals surface area contributed by atoms with Gasteiger partial charge in [0.2, 0.25) is 0 Å². The largest absolute Gasteiger partial charge is 0.492 e. The molecule has 2 aromatic carbocycles. The number of anilines is 1. The normalized spacial score (nSPS) is 13.5. The van der Waals surface area contributed by atoms with Gasteiger partial charge in [-0.25, -0.2) is 9.78 Å². The van der Waals surface area contributed by atoms with Crippen LogP contribution in [0.1, 0.15) is 33.3 Å². The highest BCUT2D eigenvalue weighted by molar-refractivity contribution is 7.22. The van der Waals surface area contributed by atoms with E-state index in [1.165, 1.54) is 0 Å². The first-order chi connectivity index (χ1) is 14.7. The molecule has 166 valence electrons. The molecule has 0 radical (unpaired) electrons. The van der Waals surface area contributed by atoms with E-state index >= 15 is 0 Å². The van der Waals surface area contributed by atoms with Crippen LogP contribution < -0.4 is 9.64 Å². The summed E-state index contributed by atoms with van der Waals surface area (Å²) in [6.45, 7) is 8.59. The number of carboxylic acids is 1. The van der Waals surface area contributed by atoms with Crippen LogP contribution in [0.3, 0.4) is 0 Å². The van der Waals surface area contributed by atoms with Crippen molar-refractivity contribution < 1.29 is 19.4 Å². The molecule has 7 heteroatoms. The second-order valence-corrected chi connectivity index (χ2v) is 9.13. The number of benzene rings is 2. The minimum absolute atomic E-state index is 0.215. The van der Waals surface area contributed by atoms with Gasteiger partial charge in [-0.1, -0.05) is 49.4 Å². The van der Waals surface area contributed by atoms with Gasteiger partial charge in [0.25, 0.3) is 0 Å². The van der Waals surface area contributed by atoms with Gasteiger partial charge in [0, 0.05) is 7.05 Å². The number of hydrogen-bond donors (Lipinski definition) is 1. The molecular weight excluding hydrogens is 412 g/mol. The van der Waals surface area contributed by atoms with Crippen molar-refractivity contribution in [2.45, 2.75) is 39.4 Å². The molecular formula is C24H30N2O4S. The molecule has 0 aliphatic heterocycles. The number of nitrogens with zero attached hydrogens (tertiary/aromatic N) is 2. The number of para-hydroxylation sites is 1. The average molecular weight is 443 g/mol. The predicted octanol–water partition coefficient (Wildman–Crippen LogP) is 5.17. The van der Waals surface area contributed by atoms with Crippen LogP contribution in [0.4, 0.5) is 5.13 Å². The lowest BCUT2D eigenvalue weighted by atomic mass is 9.83. The van der Waals surface area contributed by atoms with Gasteiger partial charge < -0.3 is 19.5 Å². The lowest BCUT2D eigenvalue weighted by Crippen LogP contribution is -2.45. The molecule has 1 aromatic heterocycles. The maximum atomic E-state index is 12.2. The van der Waals surface area contributed by atoms with Gasteiger partial charge in [-0.3, -0.25) is 0 Å². The monoisotopic (exact) mass is 442 g/mol. The van der Waals surface area contributed by atoms with Crippen LogP contribution in [-0.2, 0) is 15.1 Å². The Bertz CT molecular complexity index is 983. The van der Waals surface area contributed by atoms with Gasteiger partial charge in [-0.2, -0.15) is 0 Å². The standard InChI is InChI=1S/C24H30N2O4S/c1-16(2)24(22(27)28,30-17(3)4)18-10-12-19(13-11-18)29-15-14-26(5)23-25-20-8-6-7-9-21(20)31-23/h6-13,16-17H,14-15H2,1-5H3,(H,27,28). The number of fused-ring (bicyclic) bond motifs is 1. The number of aliphatic carboxylic acids is 1. The summed E-state index contributed by atoms with van der Waals surface area (Å²) in [5, 5.41) is 10.9. The van der Waals surface area contributed by atoms with Gasteiger partial charge in [-0.05, 0) is 49.6 Å². The maximum Gasteiger partial charge on any atom is 0.340 e. The Kier molecular flexibility index (Phi) is 7.18. The fraction of sp³-hybridized carbons (Fsp3) is 0.417. The molecule has 0 bridgehead atoms. The molecule has 0 aliphatic rings. The number of rotatable bonds is 10. The average Bonchev–Trinajstić information content (AvgIpc) is 3.16. The van der Waals surface area contributed by atoms with E-state index in [1.54, 1.807) is 35.6 Å². The third kappa shape index (κ3) is 4.99. The third-order valence-electron chi connectivity index (χ3n) is 5.14. The summed E-state index contributed by atoms with van der Waals surface area (Å²) in [5.41, 5.74) is 0.226. The molecule has 3 aromatic rings. The van der Waals surface area contributed by atoms with E-state index in [-0.39, 0.29) is 12.0 Å². The van der Waals surface area contributed by atoms with E-state index < -0.39 is 11.6 Å². The predicted molar refractivity (Wildman–Crippen MR) is 125 cm³/mol. The van der Waals surface area contributed by atoms with Crippen molar-refractivity contribution >= 4 is 32.7 Å². The minimum Gasteiger partial charge on any atom is -0.492 e. The third-order valence-corrected chi connectivity index (χ3v) is 6.29. The summed E-state index contributed by atoms with van der Waals surface area (Å²) in [6, 6.07) is 15.3. The smallest absolute Gasteiger partial charge is 0.340 e. The first kappa shape index (κ1) is 23.0. The molecule has 1 heterocycles. The highest BCUT2D eigenvalue weighted by Crippen LogP contribution is 2.36. The number of thiazole rings is 1. The summed E-state index contributed by atoms with van der Waals surface area (Å²) in [6.07, 6.45) is -0.215. The summed E-state index contributed by atoms with van der Waals surface area (Å²) in [4.78, 5) is 18.9. The first-order valence-electron chi connectivity index (χ1n) is 10.4. The molecule has 1 N–H and O–H groups in total. The Labute approximate surface area is 187 Å². The molecule has 1 unspecified atom stereocenters. The van der Waals surface area contributed by atoms with Crippen molar-refractivity contribution in [3.05, 3.63) is 54.1 Å². The maximum absolute atomic E-state index is 12.2. The lowest BCUT2D eigenvalue weighted by molar-refractivity contribution is -0.183. The van der Waals surface area contributed by atoms with Crippen molar-refractivity contribution in [1.29, 1.82) is 0 Å². The number of carbonyl (C=O) groups is 1. The number of hydrogen-bond acceptors (Lipinski definition) is 6. The Morgan fingerprint density at radius 2 is 1.81 bits per heavy atom. The van der Waals surface area contributed by atoms with E-state index in [1.807, 2.05) is 52.9 Å². The van der Waals surface area contributed by atoms with Gasteiger partial charge >= 0.3 is 5.97 Å². The molecule has 3 rings (SSSR count). The van der Waals surface area contributed by atoms with Crippen LogP contribution in [0, 0.1) is 5.92 Å². The summed E-state index contributed by atoms with van der Waals surface area (Å²) in [7, 11) is 2.00. The Hall–Kier alpha value is -2.64. The fourth-order valence-corrected chi connectivity index (χ4v) is 4.50. The molecule has 31 heavy (non-hydrogen) atoms. The summed E-state index contributed by atoms with van der Waals surface area (Å²) < 4.78 is 13.0. The molecule has 0 spiro atoms. The zero-order valence-electron chi connectivity index (χ0n) is 18.7. The van der Waals surface area contributed by atoms with Gasteiger partial charge in [-0.15, -0.1) is 0 Å². The van der Waals surface area contributed by atoms with Crippen LogP contribution >= 0.6 is 11.3 Å². The first-order valence-corrected chi connectivity index (χ1v) is 11.3. The Morgan fingerprint density at radius 1 is 1.13 bits per heavy atom. The molecule has 0 saturated heterocycles. The minimum atomic E-state index is -1.39. The highest BCUT2D eigenvalue weighted by atomic mass is 32.1. The summed E-state index contributed by atoms with van der Waals surface area (Å²) >= 11 is 1.66. The Balaban J connectivity index is 1.65. The van der Waals surface area contributed by atoms with E-state index in [9.17, 15) is 9.90 Å². The zero-order valence-corrected chi connectivity index (χ0v) is 19.5. The van der Waals surface area contributed by atoms with Crippen molar-refractivity contribution in [2.24, 2.45) is 5.92 Å². The highest BCUT2D eigenvalue weighted by Gasteiger charge is 2.45. The quantitative estimate of drug-likeness (QED) is 0.467. The summed E-state index contributed by atoms with van der Waals surface area (Å²) in [5.74, 6) is -0.530. The number of ether oxygens (including phenoxy) is 2. The number of carboxylic acid groups (broad SMARTS) is 1. The van der Waals surface area contributed by atoms with Crippen LogP contribution in [-0.4, -0.2) is 42.4 Å². The van der Waals surface area contributed by atoms with E-state index in [0.29, 0.717) is 24.5 Å². The zero-order chi connectivity index (χ0) is 22.6. The lowest BCUT2D eigenvalue weighted by Gasteiger charge is -2.35. The van der Waals surface area contributed by atoms with Crippen molar-refractivity contribution in [1.82, 2.24) is 4.98 Å². The molecule has 1 atom stereocenters. The fourth-order valence-electron chi connectivity index (χ4n) is 3.55. The number of aromatic nitrogens is 1. The molecule has 0 saturated carbocycles. The van der Waals surface area contributed by atoms with Gasteiger partial charge in [0.1, 0.15) is 12.4 Å². The molecule has 0 amide bonds. The van der Waals surface area contributed by atoms with Crippen molar-refractivity contribution in [3.63, 3.8) is 0 Å².